The summed E-state index contributed by atoms with van der Waals surface area (Å²) in [4.78, 5) is 0. The summed E-state index contributed by atoms with van der Waals surface area (Å²) in [6.07, 6.45) is 0. The fourth-order valence-electron chi connectivity index (χ4n) is 1.59. The van der Waals surface area contributed by atoms with Gasteiger partial charge >= 0.3 is 0 Å². The maximum atomic E-state index is 12.8. The zero-order chi connectivity index (χ0) is 15.6. The van der Waals surface area contributed by atoms with Gasteiger partial charge in [-0.05, 0) is 38.5 Å². The van der Waals surface area contributed by atoms with E-state index in [0.29, 0.717) is 5.56 Å². The van der Waals surface area contributed by atoms with Gasteiger partial charge in [-0.3, -0.25) is 0 Å². The Morgan fingerprint density at radius 2 is 1.35 bits per heavy atom. The van der Waals surface area contributed by atoms with Crippen LogP contribution < -0.4 is 0 Å². The van der Waals surface area contributed by atoms with E-state index in [1.54, 1.807) is 0 Å². The maximum Gasteiger partial charge on any atom is 0.158 e. The molecule has 0 unspecified atom stereocenters. The highest BCUT2D eigenvalue weighted by molar-refractivity contribution is 7.95. The monoisotopic (exact) mass is 322 g/mol. The first kappa shape index (κ1) is 17.1. The SMILES string of the molecule is CC(C)S(=O)(=O)CCS(=O)(=O)[C@@H](C)c1ccc(F)cc1. The molecule has 0 bridgehead atoms. The van der Waals surface area contributed by atoms with Gasteiger partial charge in [0.2, 0.25) is 0 Å². The van der Waals surface area contributed by atoms with Gasteiger partial charge in [0, 0.05) is 0 Å². The van der Waals surface area contributed by atoms with E-state index in [-0.39, 0.29) is 0 Å². The maximum absolute atomic E-state index is 12.8. The lowest BCUT2D eigenvalue weighted by Gasteiger charge is -2.14. The van der Waals surface area contributed by atoms with Crippen LogP contribution in [0.3, 0.4) is 0 Å². The zero-order valence-electron chi connectivity index (χ0n) is 11.7. The molecule has 0 aromatic heterocycles. The highest BCUT2D eigenvalue weighted by atomic mass is 32.2. The molecule has 7 heteroatoms. The molecule has 0 aliphatic rings. The molecule has 0 aliphatic carbocycles. The lowest BCUT2D eigenvalue weighted by Crippen LogP contribution is -2.25. The Morgan fingerprint density at radius 1 is 0.900 bits per heavy atom. The Hall–Kier alpha value is -0.950. The summed E-state index contributed by atoms with van der Waals surface area (Å²) in [5.74, 6) is -1.26. The molecule has 1 aromatic rings. The molecule has 0 amide bonds. The summed E-state index contributed by atoms with van der Waals surface area (Å²) in [5, 5.41) is -1.45. The van der Waals surface area contributed by atoms with E-state index in [1.165, 1.54) is 45.0 Å². The molecule has 0 spiro atoms. The minimum atomic E-state index is -3.59. The van der Waals surface area contributed by atoms with Crippen molar-refractivity contribution in [3.8, 4) is 0 Å². The topological polar surface area (TPSA) is 68.3 Å². The second-order valence-corrected chi connectivity index (χ2v) is 10.1. The molecular weight excluding hydrogens is 303 g/mol. The highest BCUT2D eigenvalue weighted by Gasteiger charge is 2.26. The quantitative estimate of drug-likeness (QED) is 0.804. The van der Waals surface area contributed by atoms with E-state index in [2.05, 4.69) is 0 Å². The molecule has 0 aliphatic heterocycles. The van der Waals surface area contributed by atoms with Crippen LogP contribution >= 0.6 is 0 Å². The molecule has 0 radical (unpaired) electrons. The van der Waals surface area contributed by atoms with Crippen LogP contribution in [0.15, 0.2) is 24.3 Å². The molecule has 114 valence electrons. The van der Waals surface area contributed by atoms with Gasteiger partial charge in [-0.2, -0.15) is 0 Å². The molecule has 1 aromatic carbocycles. The van der Waals surface area contributed by atoms with Crippen molar-refractivity contribution in [3.63, 3.8) is 0 Å². The van der Waals surface area contributed by atoms with Gasteiger partial charge in [0.05, 0.1) is 22.0 Å². The lowest BCUT2D eigenvalue weighted by atomic mass is 10.2. The Kier molecular flexibility index (Phi) is 5.32. The standard InChI is InChI=1S/C13H19FO4S2/c1-10(2)19(15,16)8-9-20(17,18)11(3)12-4-6-13(14)7-5-12/h4-7,10-11H,8-9H2,1-3H3/t11-/m0/s1. The van der Waals surface area contributed by atoms with E-state index in [9.17, 15) is 21.2 Å². The molecule has 0 N–H and O–H groups in total. The number of halogens is 1. The van der Waals surface area contributed by atoms with Crippen molar-refractivity contribution in [1.29, 1.82) is 0 Å². The van der Waals surface area contributed by atoms with Gasteiger partial charge in [-0.1, -0.05) is 12.1 Å². The molecular formula is C13H19FO4S2. The Labute approximate surface area is 119 Å². The predicted octanol–water partition coefficient (Wildman–Crippen LogP) is 2.12. The van der Waals surface area contributed by atoms with Crippen molar-refractivity contribution in [2.75, 3.05) is 11.5 Å². The van der Waals surface area contributed by atoms with Crippen molar-refractivity contribution < 1.29 is 21.2 Å². The molecule has 1 atom stereocenters. The van der Waals surface area contributed by atoms with Gasteiger partial charge in [0.25, 0.3) is 0 Å². The van der Waals surface area contributed by atoms with Crippen molar-refractivity contribution in [2.24, 2.45) is 0 Å². The Morgan fingerprint density at radius 3 is 1.80 bits per heavy atom. The molecule has 0 saturated heterocycles. The van der Waals surface area contributed by atoms with Crippen LogP contribution in [-0.4, -0.2) is 33.6 Å². The third-order valence-corrected chi connectivity index (χ3v) is 7.84. The van der Waals surface area contributed by atoms with E-state index in [0.717, 1.165) is 0 Å². The van der Waals surface area contributed by atoms with Crippen molar-refractivity contribution in [3.05, 3.63) is 35.6 Å². The van der Waals surface area contributed by atoms with Crippen LogP contribution in [0.5, 0.6) is 0 Å². The fourth-order valence-corrected chi connectivity index (χ4v) is 4.84. The van der Waals surface area contributed by atoms with Crippen LogP contribution in [0.25, 0.3) is 0 Å². The van der Waals surface area contributed by atoms with E-state index < -0.39 is 47.5 Å². The number of sulfone groups is 2. The Balaban J connectivity index is 2.86. The summed E-state index contributed by atoms with van der Waals surface area (Å²) in [7, 11) is -6.99. The third-order valence-electron chi connectivity index (χ3n) is 3.25. The van der Waals surface area contributed by atoms with E-state index >= 15 is 0 Å². The first-order valence-electron chi connectivity index (χ1n) is 6.25. The van der Waals surface area contributed by atoms with Crippen LogP contribution in [0.2, 0.25) is 0 Å². The van der Waals surface area contributed by atoms with Crippen molar-refractivity contribution in [2.45, 2.75) is 31.3 Å². The van der Waals surface area contributed by atoms with E-state index in [4.69, 9.17) is 0 Å². The highest BCUT2D eigenvalue weighted by Crippen LogP contribution is 2.23. The van der Waals surface area contributed by atoms with Gasteiger partial charge in [0.1, 0.15) is 5.82 Å². The number of benzene rings is 1. The number of hydrogen-bond acceptors (Lipinski definition) is 4. The van der Waals surface area contributed by atoms with Crippen LogP contribution in [-0.2, 0) is 19.7 Å². The molecule has 0 fully saturated rings. The van der Waals surface area contributed by atoms with Gasteiger partial charge in [-0.15, -0.1) is 0 Å². The summed E-state index contributed by atoms with van der Waals surface area (Å²) < 4.78 is 60.4. The van der Waals surface area contributed by atoms with Crippen LogP contribution in [0.4, 0.5) is 4.39 Å². The third kappa shape index (κ3) is 4.28. The molecule has 0 saturated carbocycles. The average Bonchev–Trinajstić information content (AvgIpc) is 2.36. The summed E-state index contributed by atoms with van der Waals surface area (Å²) in [5.41, 5.74) is 0.452. The average molecular weight is 322 g/mol. The first-order valence-corrected chi connectivity index (χ1v) is 9.68. The number of hydrogen-bond donors (Lipinski definition) is 0. The zero-order valence-corrected chi connectivity index (χ0v) is 13.3. The first-order chi connectivity index (χ1) is 9.06. The molecule has 1 rings (SSSR count). The summed E-state index contributed by atoms with van der Waals surface area (Å²) in [6.45, 7) is 4.52. The second kappa shape index (κ2) is 6.22. The molecule has 20 heavy (non-hydrogen) atoms. The largest absolute Gasteiger partial charge is 0.229 e. The predicted molar refractivity (Wildman–Crippen MR) is 77.5 cm³/mol. The summed E-state index contributed by atoms with van der Waals surface area (Å²) >= 11 is 0. The molecule has 0 heterocycles. The minimum Gasteiger partial charge on any atom is -0.229 e. The van der Waals surface area contributed by atoms with E-state index in [1.807, 2.05) is 0 Å². The normalized spacial score (nSPS) is 14.4. The van der Waals surface area contributed by atoms with Gasteiger partial charge < -0.3 is 0 Å². The molecule has 4 nitrogen and oxygen atoms in total. The van der Waals surface area contributed by atoms with Crippen LogP contribution in [0, 0.1) is 5.82 Å². The van der Waals surface area contributed by atoms with Gasteiger partial charge in [-0.25, -0.2) is 21.2 Å². The lowest BCUT2D eigenvalue weighted by molar-refractivity contribution is 0.578. The van der Waals surface area contributed by atoms with Crippen LogP contribution in [0.1, 0.15) is 31.6 Å². The summed E-state index contributed by atoms with van der Waals surface area (Å²) in [6, 6.07) is 5.17. The second-order valence-electron chi connectivity index (χ2n) is 4.98. The fraction of sp³-hybridized carbons (Fsp3) is 0.538. The smallest absolute Gasteiger partial charge is 0.158 e. The minimum absolute atomic E-state index is 0.390. The number of rotatable bonds is 6. The van der Waals surface area contributed by atoms with Gasteiger partial charge in [0.15, 0.2) is 19.7 Å². The van der Waals surface area contributed by atoms with Crippen molar-refractivity contribution >= 4 is 19.7 Å². The Bertz CT molecular complexity index is 646. The van der Waals surface area contributed by atoms with Crippen molar-refractivity contribution in [1.82, 2.24) is 0 Å².